The molecule has 27 heavy (non-hydrogen) atoms. The molecule has 0 amide bonds. The number of rotatable bonds is 5. The summed E-state index contributed by atoms with van der Waals surface area (Å²) in [5.41, 5.74) is 2.05. The van der Waals surface area contributed by atoms with Gasteiger partial charge in [-0.15, -0.1) is 0 Å². The Balaban J connectivity index is 1.91. The maximum Gasteiger partial charge on any atom is 0.171 e. The van der Waals surface area contributed by atoms with Gasteiger partial charge in [0.15, 0.2) is 11.6 Å². The van der Waals surface area contributed by atoms with Crippen LogP contribution in [0.3, 0.4) is 0 Å². The van der Waals surface area contributed by atoms with Crippen molar-refractivity contribution in [1.29, 1.82) is 0 Å². The molecule has 0 aliphatic carbocycles. The Kier molecular flexibility index (Phi) is 5.38. The lowest BCUT2D eigenvalue weighted by atomic mass is 9.76. The minimum atomic E-state index is -1.07. The molecule has 0 aromatic heterocycles. The van der Waals surface area contributed by atoms with E-state index in [9.17, 15) is 5.11 Å². The molecule has 3 aromatic carbocycles. The highest BCUT2D eigenvalue weighted by atomic mass is 16.3. The molecule has 4 rings (SSSR count). The van der Waals surface area contributed by atoms with E-state index in [4.69, 9.17) is 0 Å². The SMILES string of the molecule is OC(c1ccccc1)(c1ccccc1)[C@@H](c1ccccc1)[NH+]1CCCCC1. The van der Waals surface area contributed by atoms with E-state index in [-0.39, 0.29) is 6.04 Å². The number of benzene rings is 3. The van der Waals surface area contributed by atoms with Crippen LogP contribution >= 0.6 is 0 Å². The molecule has 1 aliphatic heterocycles. The van der Waals surface area contributed by atoms with Gasteiger partial charge in [0, 0.05) is 5.56 Å². The zero-order chi connectivity index (χ0) is 18.5. The zero-order valence-electron chi connectivity index (χ0n) is 15.7. The van der Waals surface area contributed by atoms with Crippen molar-refractivity contribution in [2.75, 3.05) is 13.1 Å². The number of hydrogen-bond acceptors (Lipinski definition) is 1. The predicted molar refractivity (Wildman–Crippen MR) is 110 cm³/mol. The minimum absolute atomic E-state index is 0.0381. The summed E-state index contributed by atoms with van der Waals surface area (Å²) in [4.78, 5) is 1.47. The van der Waals surface area contributed by atoms with E-state index in [0.29, 0.717) is 0 Å². The monoisotopic (exact) mass is 358 g/mol. The van der Waals surface area contributed by atoms with Gasteiger partial charge in [-0.1, -0.05) is 91.0 Å². The van der Waals surface area contributed by atoms with Gasteiger partial charge in [0.2, 0.25) is 0 Å². The molecule has 1 aliphatic rings. The normalized spacial score (nSPS) is 16.8. The number of nitrogens with one attached hydrogen (secondary N) is 1. The van der Waals surface area contributed by atoms with E-state index >= 15 is 0 Å². The van der Waals surface area contributed by atoms with Crippen molar-refractivity contribution in [2.24, 2.45) is 0 Å². The van der Waals surface area contributed by atoms with Crippen LogP contribution in [0.15, 0.2) is 91.0 Å². The van der Waals surface area contributed by atoms with Crippen molar-refractivity contribution in [1.82, 2.24) is 0 Å². The van der Waals surface area contributed by atoms with Crippen LogP contribution in [0.1, 0.15) is 42.0 Å². The first kappa shape index (κ1) is 18.0. The number of piperidine rings is 1. The first-order valence-electron chi connectivity index (χ1n) is 10.0. The Morgan fingerprint density at radius 2 is 1.07 bits per heavy atom. The Morgan fingerprint density at radius 1 is 0.630 bits per heavy atom. The minimum Gasteiger partial charge on any atom is -0.374 e. The molecular weight excluding hydrogens is 330 g/mol. The highest BCUT2D eigenvalue weighted by molar-refractivity contribution is 5.40. The predicted octanol–water partition coefficient (Wildman–Crippen LogP) is 3.73. The zero-order valence-corrected chi connectivity index (χ0v) is 15.7. The third-order valence-electron chi connectivity index (χ3n) is 5.88. The summed E-state index contributed by atoms with van der Waals surface area (Å²) in [7, 11) is 0. The molecule has 2 nitrogen and oxygen atoms in total. The number of aliphatic hydroxyl groups is 1. The fourth-order valence-corrected chi connectivity index (χ4v) is 4.60. The Bertz CT molecular complexity index is 786. The summed E-state index contributed by atoms with van der Waals surface area (Å²) in [5, 5.41) is 12.4. The first-order valence-corrected chi connectivity index (χ1v) is 10.0. The number of hydrogen-bond donors (Lipinski definition) is 2. The molecular formula is C25H28NO+. The lowest BCUT2D eigenvalue weighted by molar-refractivity contribution is -0.944. The quantitative estimate of drug-likeness (QED) is 0.714. The van der Waals surface area contributed by atoms with E-state index < -0.39 is 5.60 Å². The second-order valence-electron chi connectivity index (χ2n) is 7.56. The van der Waals surface area contributed by atoms with Crippen molar-refractivity contribution in [3.05, 3.63) is 108 Å². The van der Waals surface area contributed by atoms with Crippen LogP contribution in [0.25, 0.3) is 0 Å². The third-order valence-corrected chi connectivity index (χ3v) is 5.88. The molecule has 0 radical (unpaired) electrons. The molecule has 1 heterocycles. The number of quaternary nitrogens is 1. The van der Waals surface area contributed by atoms with Gasteiger partial charge in [-0.2, -0.15) is 0 Å². The van der Waals surface area contributed by atoms with E-state index in [2.05, 4.69) is 54.6 Å². The van der Waals surface area contributed by atoms with Crippen LogP contribution in [0.4, 0.5) is 0 Å². The topological polar surface area (TPSA) is 24.7 Å². The summed E-state index contributed by atoms with van der Waals surface area (Å²) in [6.45, 7) is 2.20. The van der Waals surface area contributed by atoms with E-state index in [1.807, 2.05) is 36.4 Å². The Hall–Kier alpha value is -2.42. The molecule has 0 spiro atoms. The second-order valence-corrected chi connectivity index (χ2v) is 7.56. The molecule has 2 N–H and O–H groups in total. The largest absolute Gasteiger partial charge is 0.374 e. The van der Waals surface area contributed by atoms with Gasteiger partial charge in [0.25, 0.3) is 0 Å². The lowest BCUT2D eigenvalue weighted by Gasteiger charge is -2.42. The van der Waals surface area contributed by atoms with Crippen molar-refractivity contribution in [2.45, 2.75) is 30.9 Å². The average Bonchev–Trinajstić information content (AvgIpc) is 2.76. The third kappa shape index (κ3) is 3.55. The van der Waals surface area contributed by atoms with Crippen LogP contribution in [0.5, 0.6) is 0 Å². The van der Waals surface area contributed by atoms with Gasteiger partial charge in [0.1, 0.15) is 0 Å². The average molecular weight is 359 g/mol. The van der Waals surface area contributed by atoms with Crippen molar-refractivity contribution >= 4 is 0 Å². The second kappa shape index (κ2) is 8.08. The van der Waals surface area contributed by atoms with Crippen molar-refractivity contribution in [3.63, 3.8) is 0 Å². The molecule has 1 saturated heterocycles. The maximum atomic E-state index is 12.4. The summed E-state index contributed by atoms with van der Waals surface area (Å²) in [6.07, 6.45) is 3.73. The van der Waals surface area contributed by atoms with Crippen molar-refractivity contribution < 1.29 is 10.0 Å². The summed E-state index contributed by atoms with van der Waals surface area (Å²) in [5.74, 6) is 0. The Morgan fingerprint density at radius 3 is 1.56 bits per heavy atom. The fraction of sp³-hybridized carbons (Fsp3) is 0.280. The molecule has 0 unspecified atom stereocenters. The maximum absolute atomic E-state index is 12.4. The molecule has 0 saturated carbocycles. The first-order chi connectivity index (χ1) is 13.3. The molecule has 3 aromatic rings. The highest BCUT2D eigenvalue weighted by Gasteiger charge is 2.47. The van der Waals surface area contributed by atoms with Crippen LogP contribution in [0.2, 0.25) is 0 Å². The lowest BCUT2D eigenvalue weighted by Crippen LogP contribution is -3.14. The van der Waals surface area contributed by atoms with Gasteiger partial charge in [-0.3, -0.25) is 0 Å². The van der Waals surface area contributed by atoms with E-state index in [1.165, 1.54) is 29.7 Å². The highest BCUT2D eigenvalue weighted by Crippen LogP contribution is 2.39. The van der Waals surface area contributed by atoms with Crippen LogP contribution < -0.4 is 4.90 Å². The van der Waals surface area contributed by atoms with Gasteiger partial charge in [-0.25, -0.2) is 0 Å². The van der Waals surface area contributed by atoms with Gasteiger partial charge < -0.3 is 10.0 Å². The van der Waals surface area contributed by atoms with Gasteiger partial charge >= 0.3 is 0 Å². The van der Waals surface area contributed by atoms with Crippen LogP contribution in [-0.4, -0.2) is 18.2 Å². The number of likely N-dealkylation sites (tertiary alicyclic amines) is 1. The van der Waals surface area contributed by atoms with Gasteiger partial charge in [0.05, 0.1) is 13.1 Å². The van der Waals surface area contributed by atoms with E-state index in [1.54, 1.807) is 0 Å². The molecule has 0 bridgehead atoms. The summed E-state index contributed by atoms with van der Waals surface area (Å²) >= 11 is 0. The standard InChI is InChI=1S/C25H27NO/c27-25(22-15-7-2-8-16-22,23-17-9-3-10-18-23)24(21-13-5-1-6-14-21)26-19-11-4-12-20-26/h1-3,5-10,13-18,24,27H,4,11-12,19-20H2/p+1/t24-/m1/s1. The smallest absolute Gasteiger partial charge is 0.171 e. The fourth-order valence-electron chi connectivity index (χ4n) is 4.60. The molecule has 2 heteroatoms. The molecule has 138 valence electrons. The molecule has 1 atom stereocenters. The Labute approximate surface area is 162 Å². The van der Waals surface area contributed by atoms with Crippen LogP contribution in [-0.2, 0) is 5.60 Å². The van der Waals surface area contributed by atoms with Crippen molar-refractivity contribution in [3.8, 4) is 0 Å². The molecule has 1 fully saturated rings. The van der Waals surface area contributed by atoms with Crippen LogP contribution in [0, 0.1) is 0 Å². The van der Waals surface area contributed by atoms with Gasteiger partial charge in [-0.05, 0) is 30.4 Å². The summed E-state index contributed by atoms with van der Waals surface area (Å²) in [6, 6.07) is 30.9. The van der Waals surface area contributed by atoms with E-state index in [0.717, 1.165) is 24.2 Å². The summed E-state index contributed by atoms with van der Waals surface area (Å²) < 4.78 is 0.